The minimum atomic E-state index is -0.344. The lowest BCUT2D eigenvalue weighted by molar-refractivity contribution is -0.190. The topological polar surface area (TPSA) is 26.3 Å². The van der Waals surface area contributed by atoms with Gasteiger partial charge in [-0.15, -0.1) is 11.3 Å². The van der Waals surface area contributed by atoms with Gasteiger partial charge >= 0.3 is 5.97 Å². The fourth-order valence-corrected chi connectivity index (χ4v) is 5.46. The van der Waals surface area contributed by atoms with E-state index in [0.29, 0.717) is 11.8 Å². The van der Waals surface area contributed by atoms with Crippen LogP contribution in [0.15, 0.2) is 17.5 Å². The molecule has 3 heteroatoms. The van der Waals surface area contributed by atoms with Crippen LogP contribution in [-0.2, 0) is 15.1 Å². The first-order valence-corrected chi connectivity index (χ1v) is 10.1. The Morgan fingerprint density at radius 3 is 2.52 bits per heavy atom. The molecule has 1 heterocycles. The summed E-state index contributed by atoms with van der Waals surface area (Å²) in [5.74, 6) is 1.08. The number of hydrogen-bond acceptors (Lipinski definition) is 3. The first-order chi connectivity index (χ1) is 11.0. The molecule has 0 amide bonds. The molecule has 128 valence electrons. The smallest absolute Gasteiger partial charge is 0.313 e. The van der Waals surface area contributed by atoms with E-state index in [1.165, 1.54) is 11.3 Å². The Hall–Kier alpha value is -0.830. The molecule has 2 fully saturated rings. The molecule has 0 bridgehead atoms. The van der Waals surface area contributed by atoms with Gasteiger partial charge in [-0.3, -0.25) is 4.79 Å². The zero-order valence-corrected chi connectivity index (χ0v) is 15.6. The molecule has 0 spiro atoms. The van der Waals surface area contributed by atoms with Crippen molar-refractivity contribution in [2.45, 2.75) is 77.7 Å². The van der Waals surface area contributed by atoms with E-state index in [2.05, 4.69) is 38.3 Å². The quantitative estimate of drug-likeness (QED) is 0.625. The van der Waals surface area contributed by atoms with Crippen molar-refractivity contribution in [3.05, 3.63) is 22.4 Å². The highest BCUT2D eigenvalue weighted by Crippen LogP contribution is 2.54. The lowest BCUT2D eigenvalue weighted by Crippen LogP contribution is -2.50. The standard InChI is InChI=1S/C20H30O2S/c1-15(2)14-19(12-9-16(19)3)18(21)22-20(10-5-4-6-11-20)17-8-7-13-23-17/h7-8,13,15-16H,4-6,9-12,14H2,1-3H3. The molecule has 1 aromatic heterocycles. The zero-order chi connectivity index (χ0) is 16.5. The van der Waals surface area contributed by atoms with Crippen molar-refractivity contribution >= 4 is 17.3 Å². The Kier molecular flexibility index (Phi) is 4.87. The Morgan fingerprint density at radius 1 is 1.30 bits per heavy atom. The van der Waals surface area contributed by atoms with Gasteiger partial charge in [0.2, 0.25) is 0 Å². The molecular formula is C20H30O2S. The second kappa shape index (κ2) is 6.58. The van der Waals surface area contributed by atoms with Gasteiger partial charge in [-0.25, -0.2) is 0 Å². The van der Waals surface area contributed by atoms with Gasteiger partial charge in [0.1, 0.15) is 5.60 Å². The van der Waals surface area contributed by atoms with Crippen molar-refractivity contribution in [1.29, 1.82) is 0 Å². The number of thiophene rings is 1. The molecule has 2 nitrogen and oxygen atoms in total. The normalized spacial score (nSPS) is 30.0. The summed E-state index contributed by atoms with van der Waals surface area (Å²) >= 11 is 1.74. The number of esters is 1. The summed E-state index contributed by atoms with van der Waals surface area (Å²) in [5, 5.41) is 2.11. The van der Waals surface area contributed by atoms with E-state index in [-0.39, 0.29) is 17.0 Å². The van der Waals surface area contributed by atoms with Gasteiger partial charge in [-0.2, -0.15) is 0 Å². The van der Waals surface area contributed by atoms with Crippen molar-refractivity contribution in [2.75, 3.05) is 0 Å². The third-order valence-electron chi connectivity index (χ3n) is 6.07. The Balaban J connectivity index is 1.83. The molecule has 0 saturated heterocycles. The van der Waals surface area contributed by atoms with E-state index in [1.807, 2.05) is 0 Å². The van der Waals surface area contributed by atoms with Gasteiger partial charge in [0.25, 0.3) is 0 Å². The van der Waals surface area contributed by atoms with Crippen LogP contribution in [0.1, 0.15) is 77.0 Å². The van der Waals surface area contributed by atoms with Crippen LogP contribution < -0.4 is 0 Å². The lowest BCUT2D eigenvalue weighted by atomic mass is 9.57. The Morgan fingerprint density at radius 2 is 2.04 bits per heavy atom. The van der Waals surface area contributed by atoms with Crippen molar-refractivity contribution in [1.82, 2.24) is 0 Å². The molecule has 0 aliphatic heterocycles. The second-order valence-corrected chi connectivity index (χ2v) is 9.06. The maximum Gasteiger partial charge on any atom is 0.313 e. The summed E-state index contributed by atoms with van der Waals surface area (Å²) in [6.45, 7) is 6.66. The highest BCUT2D eigenvalue weighted by Gasteiger charge is 2.54. The molecule has 0 N–H and O–H groups in total. The molecule has 3 rings (SSSR count). The maximum atomic E-state index is 13.2. The van der Waals surface area contributed by atoms with Crippen LogP contribution in [0.3, 0.4) is 0 Å². The van der Waals surface area contributed by atoms with E-state index in [1.54, 1.807) is 11.3 Å². The van der Waals surface area contributed by atoms with Crippen LogP contribution in [0, 0.1) is 17.3 Å². The van der Waals surface area contributed by atoms with Crippen molar-refractivity contribution < 1.29 is 9.53 Å². The van der Waals surface area contributed by atoms with Gasteiger partial charge in [-0.05, 0) is 68.2 Å². The first-order valence-electron chi connectivity index (χ1n) is 9.26. The van der Waals surface area contributed by atoms with E-state index in [4.69, 9.17) is 4.74 Å². The highest BCUT2D eigenvalue weighted by atomic mass is 32.1. The number of carbonyl (C=O) groups excluding carboxylic acids is 1. The Bertz CT molecular complexity index is 528. The van der Waals surface area contributed by atoms with Crippen LogP contribution in [-0.4, -0.2) is 5.97 Å². The lowest BCUT2D eigenvalue weighted by Gasteiger charge is -2.49. The maximum absolute atomic E-state index is 13.2. The van der Waals surface area contributed by atoms with Crippen LogP contribution in [0.5, 0.6) is 0 Å². The monoisotopic (exact) mass is 334 g/mol. The molecule has 0 radical (unpaired) electrons. The van der Waals surface area contributed by atoms with Gasteiger partial charge in [-0.1, -0.05) is 33.3 Å². The molecule has 2 unspecified atom stereocenters. The largest absolute Gasteiger partial charge is 0.453 e. The van der Waals surface area contributed by atoms with Crippen molar-refractivity contribution in [3.8, 4) is 0 Å². The SMILES string of the molecule is CC(C)CC1(C(=O)OC2(c3cccs3)CCCCC2)CCC1C. The summed E-state index contributed by atoms with van der Waals surface area (Å²) in [7, 11) is 0. The molecule has 2 saturated carbocycles. The molecule has 2 aliphatic rings. The third kappa shape index (κ3) is 3.09. The van der Waals surface area contributed by atoms with Crippen LogP contribution >= 0.6 is 11.3 Å². The van der Waals surface area contributed by atoms with Crippen molar-refractivity contribution in [2.24, 2.45) is 17.3 Å². The minimum absolute atomic E-state index is 0.0836. The van der Waals surface area contributed by atoms with Gasteiger partial charge in [0.15, 0.2) is 0 Å². The van der Waals surface area contributed by atoms with E-state index < -0.39 is 0 Å². The highest BCUT2D eigenvalue weighted by molar-refractivity contribution is 7.10. The summed E-state index contributed by atoms with van der Waals surface area (Å²) < 4.78 is 6.37. The van der Waals surface area contributed by atoms with Gasteiger partial charge in [0.05, 0.1) is 5.41 Å². The predicted molar refractivity (Wildman–Crippen MR) is 95.5 cm³/mol. The average Bonchev–Trinajstić information content (AvgIpc) is 3.06. The number of carbonyl (C=O) groups is 1. The predicted octanol–water partition coefficient (Wildman–Crippen LogP) is 5.91. The van der Waals surface area contributed by atoms with E-state index >= 15 is 0 Å². The zero-order valence-electron chi connectivity index (χ0n) is 14.8. The summed E-state index contributed by atoms with van der Waals surface area (Å²) in [6.07, 6.45) is 8.71. The average molecular weight is 335 g/mol. The van der Waals surface area contributed by atoms with Crippen molar-refractivity contribution in [3.63, 3.8) is 0 Å². The van der Waals surface area contributed by atoms with Gasteiger partial charge in [0, 0.05) is 4.88 Å². The molecule has 2 atom stereocenters. The summed E-state index contributed by atoms with van der Waals surface area (Å²) in [5.41, 5.74) is -0.571. The fraction of sp³-hybridized carbons (Fsp3) is 0.750. The van der Waals surface area contributed by atoms with Crippen LogP contribution in [0.4, 0.5) is 0 Å². The van der Waals surface area contributed by atoms with E-state index in [9.17, 15) is 4.79 Å². The van der Waals surface area contributed by atoms with Crippen LogP contribution in [0.25, 0.3) is 0 Å². The molecule has 1 aromatic rings. The molecule has 2 aliphatic carbocycles. The second-order valence-electron chi connectivity index (χ2n) is 8.12. The molecule has 0 aromatic carbocycles. The van der Waals surface area contributed by atoms with Crippen LogP contribution in [0.2, 0.25) is 0 Å². The minimum Gasteiger partial charge on any atom is -0.453 e. The fourth-order valence-electron chi connectivity index (χ4n) is 4.54. The Labute approximate surface area is 144 Å². The number of ether oxygens (including phenoxy) is 1. The first kappa shape index (κ1) is 17.0. The molecule has 23 heavy (non-hydrogen) atoms. The van der Waals surface area contributed by atoms with E-state index in [0.717, 1.165) is 44.9 Å². The number of hydrogen-bond donors (Lipinski definition) is 0. The number of rotatable bonds is 5. The third-order valence-corrected chi connectivity index (χ3v) is 7.12. The van der Waals surface area contributed by atoms with Gasteiger partial charge < -0.3 is 4.74 Å². The molecular weight excluding hydrogens is 304 g/mol. The summed E-state index contributed by atoms with van der Waals surface area (Å²) in [4.78, 5) is 14.5. The summed E-state index contributed by atoms with van der Waals surface area (Å²) in [6, 6.07) is 4.24.